The molecule has 0 atom stereocenters. The van der Waals surface area contributed by atoms with Gasteiger partial charge in [-0.15, -0.1) is 0 Å². The number of imidazole rings is 1. The molecule has 14 heteroatoms. The van der Waals surface area contributed by atoms with Crippen molar-refractivity contribution in [2.45, 2.75) is 25.9 Å². The number of alkyl halides is 3. The van der Waals surface area contributed by atoms with Gasteiger partial charge in [-0.1, -0.05) is 12.1 Å². The number of hydrogen-bond acceptors (Lipinski definition) is 7. The predicted octanol–water partition coefficient (Wildman–Crippen LogP) is 1.21. The van der Waals surface area contributed by atoms with E-state index in [0.29, 0.717) is 29.2 Å². The molecule has 0 fully saturated rings. The topological polar surface area (TPSA) is 103 Å². The van der Waals surface area contributed by atoms with Gasteiger partial charge in [0.1, 0.15) is 5.82 Å². The molecule has 2 aromatic heterocycles. The molecule has 2 aliphatic heterocycles. The van der Waals surface area contributed by atoms with Crippen LogP contribution in [0.3, 0.4) is 0 Å². The van der Waals surface area contributed by atoms with Crippen molar-refractivity contribution < 1.29 is 27.1 Å². The fraction of sp³-hybridized carbons (Fsp3) is 0.364. The molecule has 1 N–H and O–H groups in total. The van der Waals surface area contributed by atoms with E-state index in [9.17, 15) is 31.9 Å². The van der Waals surface area contributed by atoms with Crippen LogP contribution < -0.4 is 21.5 Å². The monoisotopic (exact) mass is 508 g/mol. The maximum absolute atomic E-state index is 13.5. The van der Waals surface area contributed by atoms with Gasteiger partial charge in [0.25, 0.3) is 5.56 Å². The molecule has 0 aliphatic carbocycles. The van der Waals surface area contributed by atoms with Crippen molar-refractivity contribution in [1.82, 2.24) is 24.0 Å². The van der Waals surface area contributed by atoms with Crippen LogP contribution in [0.5, 0.6) is 0 Å². The summed E-state index contributed by atoms with van der Waals surface area (Å²) in [5, 5.41) is 3.26. The van der Waals surface area contributed by atoms with Gasteiger partial charge in [0, 0.05) is 32.4 Å². The van der Waals surface area contributed by atoms with E-state index in [1.54, 1.807) is 4.57 Å². The quantitative estimate of drug-likeness (QED) is 0.408. The van der Waals surface area contributed by atoms with Crippen molar-refractivity contribution in [2.24, 2.45) is 7.05 Å². The Balaban J connectivity index is 1.68. The third kappa shape index (κ3) is 3.96. The molecule has 2 aliphatic rings. The first kappa shape index (κ1) is 23.8. The van der Waals surface area contributed by atoms with E-state index >= 15 is 0 Å². The Bertz CT molecular complexity index is 1520. The first-order valence-electron chi connectivity index (χ1n) is 10.9. The summed E-state index contributed by atoms with van der Waals surface area (Å²) in [6, 6.07) is 5.58. The summed E-state index contributed by atoms with van der Waals surface area (Å²) in [7, 11) is 1.32. The second-order valence-electron chi connectivity index (χ2n) is 8.49. The van der Waals surface area contributed by atoms with E-state index in [4.69, 9.17) is 0 Å². The number of anilines is 1. The highest BCUT2D eigenvalue weighted by atomic mass is 19.4. The summed E-state index contributed by atoms with van der Waals surface area (Å²) in [5.74, 6) is -2.61. The fourth-order valence-corrected chi connectivity index (χ4v) is 4.49. The molecule has 3 aromatic rings. The van der Waals surface area contributed by atoms with Crippen molar-refractivity contribution in [3.63, 3.8) is 0 Å². The third-order valence-electron chi connectivity index (χ3n) is 6.27. The van der Waals surface area contributed by atoms with E-state index in [2.05, 4.69) is 15.0 Å². The van der Waals surface area contributed by atoms with Crippen LogP contribution in [0.15, 0.2) is 45.1 Å². The van der Waals surface area contributed by atoms with Crippen LogP contribution in [0.1, 0.15) is 12.0 Å². The minimum Gasteiger partial charge on any atom is -0.437 e. The van der Waals surface area contributed by atoms with E-state index in [0.717, 1.165) is 23.2 Å². The number of halogens is 4. The van der Waals surface area contributed by atoms with Crippen molar-refractivity contribution in [2.75, 3.05) is 24.5 Å². The zero-order chi connectivity index (χ0) is 25.8. The molecule has 0 radical (unpaired) electrons. The Morgan fingerprint density at radius 3 is 2.56 bits per heavy atom. The number of rotatable bonds is 5. The van der Waals surface area contributed by atoms with Crippen molar-refractivity contribution in [3.8, 4) is 0 Å². The fourth-order valence-electron chi connectivity index (χ4n) is 4.49. The lowest BCUT2D eigenvalue weighted by Crippen LogP contribution is -2.41. The Morgan fingerprint density at radius 1 is 1.14 bits per heavy atom. The number of hydrogen-bond donors (Lipinski definition) is 1. The lowest BCUT2D eigenvalue weighted by Gasteiger charge is -2.22. The molecule has 0 spiro atoms. The summed E-state index contributed by atoms with van der Waals surface area (Å²) >= 11 is 0. The zero-order valence-corrected chi connectivity index (χ0v) is 18.9. The number of ether oxygens (including phenoxy) is 1. The van der Waals surface area contributed by atoms with Crippen LogP contribution in [0, 0.1) is 5.82 Å². The van der Waals surface area contributed by atoms with Gasteiger partial charge in [-0.05, 0) is 29.7 Å². The van der Waals surface area contributed by atoms with Crippen LogP contribution in [-0.2, 0) is 29.9 Å². The van der Waals surface area contributed by atoms with Gasteiger partial charge in [0.05, 0.1) is 6.54 Å². The molecule has 4 heterocycles. The largest absolute Gasteiger partial charge is 0.490 e. The average Bonchev–Trinajstić information content (AvgIpc) is 3.53. The number of nitrogens with zero attached hydrogens (tertiary/aromatic N) is 5. The Morgan fingerprint density at radius 2 is 1.86 bits per heavy atom. The van der Waals surface area contributed by atoms with Crippen molar-refractivity contribution in [3.05, 3.63) is 67.8 Å². The molecule has 10 nitrogen and oxygen atoms in total. The van der Waals surface area contributed by atoms with Crippen LogP contribution in [0.25, 0.3) is 11.2 Å². The number of fused-ring (bicyclic) bond motifs is 1. The molecule has 36 heavy (non-hydrogen) atoms. The summed E-state index contributed by atoms with van der Waals surface area (Å²) in [6.45, 7) is 0.740. The van der Waals surface area contributed by atoms with Crippen LogP contribution in [-0.4, -0.2) is 50.5 Å². The predicted molar refractivity (Wildman–Crippen MR) is 119 cm³/mol. The molecule has 0 saturated heterocycles. The number of benzene rings is 1. The summed E-state index contributed by atoms with van der Waals surface area (Å²) < 4.78 is 58.4. The Hall–Kier alpha value is -3.94. The highest BCUT2D eigenvalue weighted by Crippen LogP contribution is 2.32. The van der Waals surface area contributed by atoms with Gasteiger partial charge in [0.2, 0.25) is 5.95 Å². The van der Waals surface area contributed by atoms with Crippen molar-refractivity contribution in [1.29, 1.82) is 0 Å². The summed E-state index contributed by atoms with van der Waals surface area (Å²) in [6.07, 6.45) is -4.51. The second-order valence-corrected chi connectivity index (χ2v) is 8.49. The number of aryl methyl sites for hydroxylation is 1. The van der Waals surface area contributed by atoms with Gasteiger partial charge in [0.15, 0.2) is 17.9 Å². The van der Waals surface area contributed by atoms with Crippen LogP contribution in [0.2, 0.25) is 0 Å². The zero-order valence-electron chi connectivity index (χ0n) is 18.9. The van der Waals surface area contributed by atoms with E-state index in [1.807, 2.05) is 4.90 Å². The first-order chi connectivity index (χ1) is 17.1. The first-order valence-corrected chi connectivity index (χ1v) is 10.9. The van der Waals surface area contributed by atoms with Crippen molar-refractivity contribution >= 4 is 23.1 Å². The minimum atomic E-state index is -5.28. The second kappa shape index (κ2) is 8.62. The standard InChI is InChI=1S/C22H20F4N6O4/c1-29-17-16(18(33)32(21(29)35)11-36-19(34)22(24,25)26)31(10-12-2-4-14(23)5-3-12)20(28-17)30-7-6-13-8-27-9-15(13)30/h2-5,27H,6-11H2,1H3. The summed E-state index contributed by atoms with van der Waals surface area (Å²) in [4.78, 5) is 43.9. The molecule has 0 unspecified atom stereocenters. The minimum absolute atomic E-state index is 0.0144. The highest BCUT2D eigenvalue weighted by molar-refractivity contribution is 5.76. The van der Waals surface area contributed by atoms with E-state index < -0.39 is 35.9 Å². The molecule has 0 saturated carbocycles. The van der Waals surface area contributed by atoms with Gasteiger partial charge < -0.3 is 15.0 Å². The lowest BCUT2D eigenvalue weighted by atomic mass is 10.2. The maximum atomic E-state index is 13.5. The smallest absolute Gasteiger partial charge is 0.437 e. The number of carbonyl (C=O) groups excluding carboxylic acids is 1. The van der Waals surface area contributed by atoms with Gasteiger partial charge in [-0.25, -0.2) is 18.5 Å². The number of carbonyl (C=O) groups is 1. The van der Waals surface area contributed by atoms with E-state index in [-0.39, 0.29) is 17.7 Å². The van der Waals surface area contributed by atoms with Gasteiger partial charge in [-0.2, -0.15) is 18.2 Å². The maximum Gasteiger partial charge on any atom is 0.490 e. The Kier molecular flexibility index (Phi) is 5.70. The number of esters is 1. The average molecular weight is 508 g/mol. The van der Waals surface area contributed by atoms with E-state index in [1.165, 1.54) is 36.9 Å². The Labute approximate surface area is 200 Å². The molecule has 5 rings (SSSR count). The SMILES string of the molecule is Cn1c(=O)n(COC(=O)C(F)(F)F)c(=O)c2c1nc(N1CCC3=C1CNC3)n2Cc1ccc(F)cc1. The number of nitrogens with one attached hydrogen (secondary N) is 1. The molecule has 0 amide bonds. The molecule has 190 valence electrons. The van der Waals surface area contributed by atoms with Gasteiger partial charge in [-0.3, -0.25) is 13.9 Å². The van der Waals surface area contributed by atoms with Crippen LogP contribution in [0.4, 0.5) is 23.5 Å². The third-order valence-corrected chi connectivity index (χ3v) is 6.27. The normalized spacial score (nSPS) is 15.8. The number of aromatic nitrogens is 4. The molecule has 0 bridgehead atoms. The lowest BCUT2D eigenvalue weighted by molar-refractivity contribution is -0.203. The molecule has 1 aromatic carbocycles. The molecular formula is C22H20F4N6O4. The van der Waals surface area contributed by atoms with Crippen LogP contribution >= 0.6 is 0 Å². The highest BCUT2D eigenvalue weighted by Gasteiger charge is 2.41. The van der Waals surface area contributed by atoms with Gasteiger partial charge >= 0.3 is 17.8 Å². The molecular weight excluding hydrogens is 488 g/mol. The summed E-state index contributed by atoms with van der Waals surface area (Å²) in [5.41, 5.74) is 0.792.